The van der Waals surface area contributed by atoms with Gasteiger partial charge in [-0.25, -0.2) is 0 Å². The second kappa shape index (κ2) is 43.1. The van der Waals surface area contributed by atoms with Crippen molar-refractivity contribution >= 4 is 17.9 Å². The molecule has 0 unspecified atom stereocenters. The lowest BCUT2D eigenvalue weighted by atomic mass is 10.0. The van der Waals surface area contributed by atoms with Gasteiger partial charge in [0.2, 0.25) is 0 Å². The van der Waals surface area contributed by atoms with Crippen LogP contribution in [0.5, 0.6) is 0 Å². The van der Waals surface area contributed by atoms with E-state index in [1.54, 1.807) is 0 Å². The fraction of sp³-hybridized carbons (Fsp3) is 0.936. The van der Waals surface area contributed by atoms with Crippen molar-refractivity contribution in [2.45, 2.75) is 271 Å². The van der Waals surface area contributed by atoms with E-state index in [0.29, 0.717) is 19.3 Å². The summed E-state index contributed by atoms with van der Waals surface area (Å²) in [6.45, 7) is 6.63. The Kier molecular flexibility index (Phi) is 41.8. The Balaban J connectivity index is 4.24. The molecule has 0 heterocycles. The van der Waals surface area contributed by atoms with Crippen LogP contribution in [0.1, 0.15) is 265 Å². The van der Waals surface area contributed by atoms with Crippen LogP contribution in [0.2, 0.25) is 0 Å². The van der Waals surface area contributed by atoms with Crippen molar-refractivity contribution in [3.8, 4) is 0 Å². The van der Waals surface area contributed by atoms with Gasteiger partial charge >= 0.3 is 17.9 Å². The zero-order valence-electron chi connectivity index (χ0n) is 35.8. The van der Waals surface area contributed by atoms with Gasteiger partial charge < -0.3 is 14.2 Å². The maximum Gasteiger partial charge on any atom is 0.306 e. The molecule has 0 N–H and O–H groups in total. The topological polar surface area (TPSA) is 78.9 Å². The monoisotopic (exact) mass is 751 g/mol. The third-order valence-electron chi connectivity index (χ3n) is 10.6. The van der Waals surface area contributed by atoms with E-state index in [-0.39, 0.29) is 31.1 Å². The molecule has 0 aromatic carbocycles. The second-order valence-corrected chi connectivity index (χ2v) is 16.0. The molecule has 0 rings (SSSR count). The van der Waals surface area contributed by atoms with Crippen molar-refractivity contribution in [1.29, 1.82) is 0 Å². The van der Waals surface area contributed by atoms with Gasteiger partial charge in [0, 0.05) is 19.3 Å². The number of unbranched alkanes of at least 4 members (excludes halogenated alkanes) is 32. The van der Waals surface area contributed by atoms with Gasteiger partial charge in [0.05, 0.1) is 0 Å². The minimum atomic E-state index is -0.757. The van der Waals surface area contributed by atoms with E-state index in [9.17, 15) is 14.4 Å². The smallest absolute Gasteiger partial charge is 0.306 e. The van der Waals surface area contributed by atoms with E-state index in [0.717, 1.165) is 57.8 Å². The van der Waals surface area contributed by atoms with E-state index >= 15 is 0 Å². The zero-order valence-corrected chi connectivity index (χ0v) is 35.8. The molecule has 1 atom stereocenters. The Morgan fingerprint density at radius 2 is 0.509 bits per heavy atom. The first-order valence-corrected chi connectivity index (χ1v) is 23.5. The molecule has 0 aromatic rings. The molecule has 6 heteroatoms. The number of rotatable bonds is 43. The predicted octanol–water partition coefficient (Wildman–Crippen LogP) is 14.9. The summed E-state index contributed by atoms with van der Waals surface area (Å²) >= 11 is 0. The van der Waals surface area contributed by atoms with Crippen LogP contribution in [-0.4, -0.2) is 37.2 Å². The maximum atomic E-state index is 12.7. The molecule has 0 radical (unpaired) electrons. The first-order chi connectivity index (χ1) is 26.0. The van der Waals surface area contributed by atoms with Crippen LogP contribution in [0.3, 0.4) is 0 Å². The molecule has 0 fully saturated rings. The molecule has 53 heavy (non-hydrogen) atoms. The summed E-state index contributed by atoms with van der Waals surface area (Å²) in [6, 6.07) is 0. The minimum absolute atomic E-state index is 0.0628. The third kappa shape index (κ3) is 41.4. The van der Waals surface area contributed by atoms with E-state index in [1.807, 2.05) is 0 Å². The molecule has 314 valence electrons. The Morgan fingerprint density at radius 1 is 0.302 bits per heavy atom. The Labute approximate surface area is 329 Å². The summed E-state index contributed by atoms with van der Waals surface area (Å²) in [5, 5.41) is 0. The molecule has 0 aliphatic heterocycles. The summed E-state index contributed by atoms with van der Waals surface area (Å²) in [5.74, 6) is -0.853. The quantitative estimate of drug-likeness (QED) is 0.0351. The van der Waals surface area contributed by atoms with Crippen molar-refractivity contribution in [3.05, 3.63) is 0 Å². The Morgan fingerprint density at radius 3 is 0.755 bits per heavy atom. The van der Waals surface area contributed by atoms with Crippen LogP contribution in [0.15, 0.2) is 0 Å². The van der Waals surface area contributed by atoms with Gasteiger partial charge in [-0.2, -0.15) is 0 Å². The van der Waals surface area contributed by atoms with Gasteiger partial charge in [-0.3, -0.25) is 14.4 Å². The van der Waals surface area contributed by atoms with E-state index < -0.39 is 6.10 Å². The number of esters is 3. The lowest BCUT2D eigenvalue weighted by molar-refractivity contribution is -0.167. The van der Waals surface area contributed by atoms with Gasteiger partial charge in [0.25, 0.3) is 0 Å². The van der Waals surface area contributed by atoms with Gasteiger partial charge in [0.15, 0.2) is 6.10 Å². The van der Waals surface area contributed by atoms with E-state index in [4.69, 9.17) is 14.2 Å². The fourth-order valence-corrected chi connectivity index (χ4v) is 7.03. The average Bonchev–Trinajstić information content (AvgIpc) is 3.15. The van der Waals surface area contributed by atoms with Gasteiger partial charge in [-0.1, -0.05) is 226 Å². The first kappa shape index (κ1) is 51.4. The summed E-state index contributed by atoms with van der Waals surface area (Å²) < 4.78 is 16.7. The molecule has 0 aliphatic rings. The Hall–Kier alpha value is -1.59. The highest BCUT2D eigenvalue weighted by atomic mass is 16.6. The van der Waals surface area contributed by atoms with E-state index in [1.165, 1.54) is 167 Å². The van der Waals surface area contributed by atoms with Crippen LogP contribution in [-0.2, 0) is 28.6 Å². The normalized spacial score (nSPS) is 11.8. The number of hydrogen-bond acceptors (Lipinski definition) is 6. The zero-order chi connectivity index (χ0) is 38.7. The van der Waals surface area contributed by atoms with E-state index in [2.05, 4.69) is 20.8 Å². The van der Waals surface area contributed by atoms with Crippen LogP contribution in [0, 0.1) is 0 Å². The molecule has 0 spiro atoms. The molecule has 0 amide bonds. The van der Waals surface area contributed by atoms with Crippen LogP contribution in [0.4, 0.5) is 0 Å². The van der Waals surface area contributed by atoms with Crippen molar-refractivity contribution in [3.63, 3.8) is 0 Å². The lowest BCUT2D eigenvalue weighted by Gasteiger charge is -2.18. The second-order valence-electron chi connectivity index (χ2n) is 16.0. The van der Waals surface area contributed by atoms with Crippen LogP contribution >= 0.6 is 0 Å². The number of carbonyl (C=O) groups is 3. The summed E-state index contributed by atoms with van der Waals surface area (Å²) in [7, 11) is 0. The summed E-state index contributed by atoms with van der Waals surface area (Å²) in [6.07, 6.45) is 43.7. The lowest BCUT2D eigenvalue weighted by Crippen LogP contribution is -2.30. The molecule has 0 saturated heterocycles. The third-order valence-corrected chi connectivity index (χ3v) is 10.6. The van der Waals surface area contributed by atoms with Crippen LogP contribution < -0.4 is 0 Å². The fourth-order valence-electron chi connectivity index (χ4n) is 7.03. The molecule has 0 saturated carbocycles. The standard InChI is InChI=1S/C47H90O6/c1-4-7-10-13-16-19-21-22-23-24-25-26-29-31-34-37-40-46(49)52-43-44(53-47(50)41-38-35-32-27-18-15-12-9-6-3)42-51-45(48)39-36-33-30-28-20-17-14-11-8-5-2/h44H,4-43H2,1-3H3/t44-/m1/s1. The van der Waals surface area contributed by atoms with Crippen LogP contribution in [0.25, 0.3) is 0 Å². The van der Waals surface area contributed by atoms with Gasteiger partial charge in [0.1, 0.15) is 13.2 Å². The highest BCUT2D eigenvalue weighted by Gasteiger charge is 2.19. The van der Waals surface area contributed by atoms with Crippen molar-refractivity contribution in [2.75, 3.05) is 13.2 Å². The maximum absolute atomic E-state index is 12.7. The predicted molar refractivity (Wildman–Crippen MR) is 224 cm³/mol. The first-order valence-electron chi connectivity index (χ1n) is 23.5. The molecule has 6 nitrogen and oxygen atoms in total. The molecule has 0 aliphatic carbocycles. The largest absolute Gasteiger partial charge is 0.462 e. The summed E-state index contributed by atoms with van der Waals surface area (Å²) in [4.78, 5) is 37.6. The number of ether oxygens (including phenoxy) is 3. The van der Waals surface area contributed by atoms with Gasteiger partial charge in [-0.15, -0.1) is 0 Å². The number of hydrogen-bond donors (Lipinski definition) is 0. The molecule has 0 aromatic heterocycles. The summed E-state index contributed by atoms with van der Waals surface area (Å²) in [5.41, 5.74) is 0. The van der Waals surface area contributed by atoms with Crippen molar-refractivity contribution in [2.24, 2.45) is 0 Å². The SMILES string of the molecule is CCCCCCCCCCCCCCCCCCC(=O)OC[C@@H](COC(=O)CCCCCCCCCCCC)OC(=O)CCCCCCCCCCC. The average molecular weight is 751 g/mol. The molecule has 0 bridgehead atoms. The highest BCUT2D eigenvalue weighted by Crippen LogP contribution is 2.16. The molecular formula is C47H90O6. The Bertz CT molecular complexity index is 783. The van der Waals surface area contributed by atoms with Gasteiger partial charge in [-0.05, 0) is 19.3 Å². The minimum Gasteiger partial charge on any atom is -0.462 e. The highest BCUT2D eigenvalue weighted by molar-refractivity contribution is 5.71. The van der Waals surface area contributed by atoms with Crippen molar-refractivity contribution in [1.82, 2.24) is 0 Å². The number of carbonyl (C=O) groups excluding carboxylic acids is 3. The molecular weight excluding hydrogens is 661 g/mol. The van der Waals surface area contributed by atoms with Crippen molar-refractivity contribution < 1.29 is 28.6 Å².